The van der Waals surface area contributed by atoms with Crippen LogP contribution in [0.1, 0.15) is 0 Å². The van der Waals surface area contributed by atoms with Crippen molar-refractivity contribution in [2.75, 3.05) is 0 Å². The first-order chi connectivity index (χ1) is 6.36. The molecule has 3 nitrogen and oxygen atoms in total. The van der Waals surface area contributed by atoms with Crippen molar-refractivity contribution >= 4 is 0 Å². The maximum Gasteiger partial charge on any atom is 0.214 e. The number of benzene rings is 1. The van der Waals surface area contributed by atoms with Crippen molar-refractivity contribution in [3.05, 3.63) is 42.6 Å². The molecule has 2 aromatic rings. The van der Waals surface area contributed by atoms with Crippen LogP contribution >= 0.6 is 0 Å². The highest BCUT2D eigenvalue weighted by Gasteiger charge is 1.99. The molecule has 0 saturated heterocycles. The van der Waals surface area contributed by atoms with E-state index in [1.807, 2.05) is 18.2 Å². The molecule has 0 bridgehead atoms. The van der Waals surface area contributed by atoms with Crippen LogP contribution in [0.2, 0.25) is 0 Å². The summed E-state index contributed by atoms with van der Waals surface area (Å²) in [6.45, 7) is 0. The average Bonchev–Trinajstić information content (AvgIpc) is 2.19. The Morgan fingerprint density at radius 3 is 2.85 bits per heavy atom. The minimum Gasteiger partial charge on any atom is -0.493 e. The van der Waals surface area contributed by atoms with Crippen molar-refractivity contribution in [1.82, 2.24) is 9.97 Å². The molecule has 0 aliphatic heterocycles. The second-order valence-electron chi connectivity index (χ2n) is 2.51. The minimum atomic E-state index is -0.0257. The Morgan fingerprint density at radius 2 is 2.15 bits per heavy atom. The molecule has 2 rings (SSSR count). The van der Waals surface area contributed by atoms with Crippen molar-refractivity contribution in [1.29, 1.82) is 0 Å². The molecule has 1 aromatic heterocycles. The van der Waals surface area contributed by atoms with E-state index in [9.17, 15) is 0 Å². The van der Waals surface area contributed by atoms with Gasteiger partial charge in [0.2, 0.25) is 5.88 Å². The topological polar surface area (TPSA) is 46.0 Å². The summed E-state index contributed by atoms with van der Waals surface area (Å²) < 4.78 is 0. The van der Waals surface area contributed by atoms with Crippen molar-refractivity contribution in [3.8, 4) is 17.3 Å². The zero-order valence-corrected chi connectivity index (χ0v) is 6.81. The summed E-state index contributed by atoms with van der Waals surface area (Å²) in [5.41, 5.74) is 0.776. The molecule has 63 valence electrons. The van der Waals surface area contributed by atoms with E-state index in [1.165, 1.54) is 12.3 Å². The summed E-state index contributed by atoms with van der Waals surface area (Å²) >= 11 is 0. The third kappa shape index (κ3) is 1.64. The lowest BCUT2D eigenvalue weighted by molar-refractivity contribution is 0.453. The van der Waals surface area contributed by atoms with Gasteiger partial charge in [-0.25, -0.2) is 4.98 Å². The van der Waals surface area contributed by atoms with Crippen LogP contribution in [0.15, 0.2) is 36.5 Å². The first kappa shape index (κ1) is 7.73. The van der Waals surface area contributed by atoms with Gasteiger partial charge in [-0.1, -0.05) is 24.3 Å². The molecular formula is C10H7N2O. The van der Waals surface area contributed by atoms with Gasteiger partial charge in [-0.05, 0) is 6.07 Å². The highest BCUT2D eigenvalue weighted by molar-refractivity contribution is 5.53. The van der Waals surface area contributed by atoms with Crippen LogP contribution in [-0.4, -0.2) is 15.1 Å². The van der Waals surface area contributed by atoms with E-state index >= 15 is 0 Å². The number of nitrogens with zero attached hydrogens (tertiary/aromatic N) is 2. The van der Waals surface area contributed by atoms with Gasteiger partial charge in [0.15, 0.2) is 5.82 Å². The van der Waals surface area contributed by atoms with Crippen molar-refractivity contribution in [2.24, 2.45) is 0 Å². The smallest absolute Gasteiger partial charge is 0.214 e. The fraction of sp³-hybridized carbons (Fsp3) is 0. The lowest BCUT2D eigenvalue weighted by Crippen LogP contribution is -1.86. The first-order valence-electron chi connectivity index (χ1n) is 3.85. The molecular weight excluding hydrogens is 164 g/mol. The highest BCUT2D eigenvalue weighted by atomic mass is 16.3. The fourth-order valence-corrected chi connectivity index (χ4v) is 1.01. The second kappa shape index (κ2) is 3.23. The molecule has 0 spiro atoms. The Labute approximate surface area is 75.7 Å². The molecule has 1 aromatic carbocycles. The molecule has 0 fully saturated rings. The summed E-state index contributed by atoms with van der Waals surface area (Å²) in [5, 5.41) is 9.11. The van der Waals surface area contributed by atoms with Gasteiger partial charge in [0.05, 0.1) is 0 Å². The van der Waals surface area contributed by atoms with Gasteiger partial charge < -0.3 is 5.11 Å². The van der Waals surface area contributed by atoms with E-state index in [-0.39, 0.29) is 5.88 Å². The third-order valence-electron chi connectivity index (χ3n) is 1.59. The Hall–Kier alpha value is -1.90. The van der Waals surface area contributed by atoms with Crippen LogP contribution in [0, 0.1) is 6.07 Å². The number of hydrogen-bond acceptors (Lipinski definition) is 3. The summed E-state index contributed by atoms with van der Waals surface area (Å²) in [7, 11) is 0. The largest absolute Gasteiger partial charge is 0.493 e. The summed E-state index contributed by atoms with van der Waals surface area (Å²) in [4.78, 5) is 7.86. The van der Waals surface area contributed by atoms with E-state index in [0.717, 1.165) is 5.56 Å². The Balaban J connectivity index is 2.48. The van der Waals surface area contributed by atoms with E-state index in [4.69, 9.17) is 5.11 Å². The van der Waals surface area contributed by atoms with Gasteiger partial charge in [-0.15, -0.1) is 0 Å². The first-order valence-corrected chi connectivity index (χ1v) is 3.85. The number of aromatic nitrogens is 2. The fourth-order valence-electron chi connectivity index (χ4n) is 1.01. The third-order valence-corrected chi connectivity index (χ3v) is 1.59. The number of hydrogen-bond donors (Lipinski definition) is 1. The van der Waals surface area contributed by atoms with Gasteiger partial charge in [0.25, 0.3) is 0 Å². The lowest BCUT2D eigenvalue weighted by atomic mass is 10.2. The standard InChI is InChI=1S/C10H7N2O/c13-9-6-7-11-10(12-9)8-4-2-1-3-5-8/h1-4,6-7H,(H,11,12,13). The monoisotopic (exact) mass is 171 g/mol. The molecule has 0 amide bonds. The van der Waals surface area contributed by atoms with Gasteiger partial charge in [-0.3, -0.25) is 0 Å². The lowest BCUT2D eigenvalue weighted by Gasteiger charge is -1.97. The summed E-state index contributed by atoms with van der Waals surface area (Å²) in [6, 6.07) is 11.8. The van der Waals surface area contributed by atoms with Crippen LogP contribution in [0.3, 0.4) is 0 Å². The van der Waals surface area contributed by atoms with Crippen LogP contribution in [-0.2, 0) is 0 Å². The SMILES string of the molecule is Oc1ccnc(-c2[c]cccc2)n1. The number of rotatable bonds is 1. The van der Waals surface area contributed by atoms with Gasteiger partial charge in [0.1, 0.15) is 0 Å². The maximum atomic E-state index is 9.11. The zero-order valence-electron chi connectivity index (χ0n) is 6.81. The van der Waals surface area contributed by atoms with E-state index in [1.54, 1.807) is 6.07 Å². The Kier molecular flexibility index (Phi) is 1.92. The van der Waals surface area contributed by atoms with Gasteiger partial charge in [-0.2, -0.15) is 4.98 Å². The molecule has 0 unspecified atom stereocenters. The van der Waals surface area contributed by atoms with Crippen LogP contribution < -0.4 is 0 Å². The van der Waals surface area contributed by atoms with Crippen molar-refractivity contribution in [3.63, 3.8) is 0 Å². The van der Waals surface area contributed by atoms with Gasteiger partial charge in [0, 0.05) is 17.8 Å². The Bertz CT molecular complexity index is 401. The van der Waals surface area contributed by atoms with Crippen LogP contribution in [0.5, 0.6) is 5.88 Å². The zero-order chi connectivity index (χ0) is 9.10. The molecule has 3 heteroatoms. The molecule has 0 atom stereocenters. The average molecular weight is 171 g/mol. The van der Waals surface area contributed by atoms with Crippen LogP contribution in [0.25, 0.3) is 11.4 Å². The van der Waals surface area contributed by atoms with E-state index < -0.39 is 0 Å². The van der Waals surface area contributed by atoms with Crippen molar-refractivity contribution in [2.45, 2.75) is 0 Å². The van der Waals surface area contributed by atoms with E-state index in [0.29, 0.717) is 5.82 Å². The van der Waals surface area contributed by atoms with Gasteiger partial charge >= 0.3 is 0 Å². The predicted octanol–water partition coefficient (Wildman–Crippen LogP) is 1.65. The minimum absolute atomic E-state index is 0.0257. The molecule has 13 heavy (non-hydrogen) atoms. The molecule has 0 aliphatic rings. The second-order valence-corrected chi connectivity index (χ2v) is 2.51. The molecule has 1 heterocycles. The summed E-state index contributed by atoms with van der Waals surface area (Å²) in [6.07, 6.45) is 1.51. The Morgan fingerprint density at radius 1 is 1.23 bits per heavy atom. The molecule has 0 saturated carbocycles. The number of aromatic hydroxyl groups is 1. The van der Waals surface area contributed by atoms with Crippen molar-refractivity contribution < 1.29 is 5.11 Å². The maximum absolute atomic E-state index is 9.11. The summed E-state index contributed by atoms with van der Waals surface area (Å²) in [5.74, 6) is 0.461. The molecule has 1 N–H and O–H groups in total. The predicted molar refractivity (Wildman–Crippen MR) is 48.0 cm³/mol. The molecule has 1 radical (unpaired) electrons. The normalized spacial score (nSPS) is 9.85. The van der Waals surface area contributed by atoms with E-state index in [2.05, 4.69) is 16.0 Å². The highest BCUT2D eigenvalue weighted by Crippen LogP contribution is 2.14. The molecule has 0 aliphatic carbocycles. The quantitative estimate of drug-likeness (QED) is 0.709. The van der Waals surface area contributed by atoms with Crippen LogP contribution in [0.4, 0.5) is 0 Å².